The summed E-state index contributed by atoms with van der Waals surface area (Å²) < 4.78 is 5.80. The minimum atomic E-state index is 0.749. The summed E-state index contributed by atoms with van der Waals surface area (Å²) in [7, 11) is 5.64. The van der Waals surface area contributed by atoms with Crippen molar-refractivity contribution in [2.45, 2.75) is 26.2 Å². The Morgan fingerprint density at radius 3 is 2.50 bits per heavy atom. The van der Waals surface area contributed by atoms with Gasteiger partial charge < -0.3 is 4.74 Å². The van der Waals surface area contributed by atoms with E-state index in [-0.39, 0.29) is 0 Å². The number of hydrogen-bond donors (Lipinski definition) is 0. The number of hydrogen-bond acceptors (Lipinski definition) is 1. The van der Waals surface area contributed by atoms with Gasteiger partial charge in [-0.1, -0.05) is 43.1 Å². The molecule has 0 fully saturated rings. The van der Waals surface area contributed by atoms with Gasteiger partial charge in [-0.05, 0) is 42.7 Å². The third kappa shape index (κ3) is 3.66. The predicted molar refractivity (Wildman–Crippen MR) is 77.0 cm³/mol. The Morgan fingerprint density at radius 1 is 1.00 bits per heavy atom. The molecule has 0 unspecified atom stereocenters. The molecule has 2 radical (unpaired) electrons. The fraction of sp³-hybridized carbons (Fsp3) is 0.250. The molecule has 0 amide bonds. The van der Waals surface area contributed by atoms with Gasteiger partial charge in [-0.15, -0.1) is 0 Å². The van der Waals surface area contributed by atoms with Gasteiger partial charge in [0, 0.05) is 0 Å². The maximum atomic E-state index is 5.80. The maximum absolute atomic E-state index is 5.80. The molecule has 0 aliphatic heterocycles. The maximum Gasteiger partial charge on any atom is 0.127 e. The Kier molecular flexibility index (Phi) is 4.46. The lowest BCUT2D eigenvalue weighted by atomic mass is 9.97. The Hall–Kier alpha value is -1.70. The fourth-order valence-corrected chi connectivity index (χ4v) is 1.82. The van der Waals surface area contributed by atoms with E-state index in [4.69, 9.17) is 12.6 Å². The van der Waals surface area contributed by atoms with Gasteiger partial charge in [-0.2, -0.15) is 0 Å². The molecule has 2 heteroatoms. The summed E-state index contributed by atoms with van der Waals surface area (Å²) in [6.45, 7) is 2.20. The minimum absolute atomic E-state index is 0.749. The van der Waals surface area contributed by atoms with Crippen molar-refractivity contribution in [2.75, 3.05) is 0 Å². The van der Waals surface area contributed by atoms with E-state index in [1.54, 1.807) is 0 Å². The van der Waals surface area contributed by atoms with Crippen LogP contribution in [0.25, 0.3) is 0 Å². The van der Waals surface area contributed by atoms with Crippen LogP contribution in [0.15, 0.2) is 48.5 Å². The molecular weight excluding hydrogens is 219 g/mol. The monoisotopic (exact) mass is 236 g/mol. The van der Waals surface area contributed by atoms with Gasteiger partial charge in [-0.3, -0.25) is 0 Å². The van der Waals surface area contributed by atoms with E-state index in [1.807, 2.05) is 36.4 Å². The molecule has 0 aliphatic rings. The summed E-state index contributed by atoms with van der Waals surface area (Å²) in [5.41, 5.74) is 2.07. The van der Waals surface area contributed by atoms with Crippen LogP contribution < -0.4 is 10.2 Å². The van der Waals surface area contributed by atoms with Crippen LogP contribution in [-0.4, -0.2) is 7.85 Å². The summed E-state index contributed by atoms with van der Waals surface area (Å²) in [5.74, 6) is 1.70. The van der Waals surface area contributed by atoms with Crippen molar-refractivity contribution in [1.29, 1.82) is 0 Å². The molecule has 0 bridgehead atoms. The van der Waals surface area contributed by atoms with Gasteiger partial charge in [0.2, 0.25) is 0 Å². The third-order valence-corrected chi connectivity index (χ3v) is 2.83. The van der Waals surface area contributed by atoms with Crippen molar-refractivity contribution in [2.24, 2.45) is 0 Å². The molecule has 0 saturated heterocycles. The van der Waals surface area contributed by atoms with E-state index in [0.717, 1.165) is 23.4 Å². The average Bonchev–Trinajstić information content (AvgIpc) is 2.40. The fourth-order valence-electron chi connectivity index (χ4n) is 1.82. The number of aryl methyl sites for hydroxylation is 1. The Balaban J connectivity index is 2.06. The predicted octanol–water partition coefficient (Wildman–Crippen LogP) is 3.62. The van der Waals surface area contributed by atoms with Gasteiger partial charge in [0.25, 0.3) is 0 Å². The van der Waals surface area contributed by atoms with Gasteiger partial charge in [0.1, 0.15) is 19.3 Å². The second-order valence-electron chi connectivity index (χ2n) is 4.42. The SMILES string of the molecule is [B]c1ccc(Oc2cccc(CCCC)c2)cc1. The molecule has 2 aromatic rings. The van der Waals surface area contributed by atoms with E-state index in [2.05, 4.69) is 19.1 Å². The van der Waals surface area contributed by atoms with Crippen molar-refractivity contribution in [3.63, 3.8) is 0 Å². The summed E-state index contributed by atoms with van der Waals surface area (Å²) in [6.07, 6.45) is 3.53. The molecule has 0 atom stereocenters. The molecular formula is C16H17BO. The minimum Gasteiger partial charge on any atom is -0.457 e. The first-order valence-corrected chi connectivity index (χ1v) is 6.40. The summed E-state index contributed by atoms with van der Waals surface area (Å²) in [5, 5.41) is 0. The number of ether oxygens (including phenoxy) is 1. The number of rotatable bonds is 5. The highest BCUT2D eigenvalue weighted by Crippen LogP contribution is 2.22. The highest BCUT2D eigenvalue weighted by Gasteiger charge is 1.99. The van der Waals surface area contributed by atoms with E-state index < -0.39 is 0 Å². The lowest BCUT2D eigenvalue weighted by Gasteiger charge is -2.08. The van der Waals surface area contributed by atoms with Crippen LogP contribution in [-0.2, 0) is 6.42 Å². The molecule has 2 aromatic carbocycles. The lowest BCUT2D eigenvalue weighted by molar-refractivity contribution is 0.482. The first-order valence-electron chi connectivity index (χ1n) is 6.40. The van der Waals surface area contributed by atoms with Crippen molar-refractivity contribution in [3.8, 4) is 11.5 Å². The lowest BCUT2D eigenvalue weighted by Crippen LogP contribution is -1.99. The highest BCUT2D eigenvalue weighted by molar-refractivity contribution is 6.32. The molecule has 1 nitrogen and oxygen atoms in total. The Bertz CT molecular complexity index is 491. The first-order chi connectivity index (χ1) is 8.78. The van der Waals surface area contributed by atoms with Crippen molar-refractivity contribution >= 4 is 13.3 Å². The molecule has 2 rings (SSSR count). The summed E-state index contributed by atoms with van der Waals surface area (Å²) in [4.78, 5) is 0. The van der Waals surface area contributed by atoms with Gasteiger partial charge in [-0.25, -0.2) is 0 Å². The molecule has 0 N–H and O–H groups in total. The molecule has 0 aromatic heterocycles. The van der Waals surface area contributed by atoms with Crippen molar-refractivity contribution in [1.82, 2.24) is 0 Å². The smallest absolute Gasteiger partial charge is 0.127 e. The van der Waals surface area contributed by atoms with E-state index >= 15 is 0 Å². The standard InChI is InChI=1S/C16H17BO/c1-2-3-5-13-6-4-7-16(12-13)18-15-10-8-14(17)9-11-15/h4,6-12H,2-3,5H2,1H3. The highest BCUT2D eigenvalue weighted by atomic mass is 16.5. The molecule has 18 heavy (non-hydrogen) atoms. The van der Waals surface area contributed by atoms with Crippen LogP contribution in [0.2, 0.25) is 0 Å². The summed E-state index contributed by atoms with van der Waals surface area (Å²) >= 11 is 0. The van der Waals surface area contributed by atoms with Crippen LogP contribution in [0.3, 0.4) is 0 Å². The van der Waals surface area contributed by atoms with Crippen LogP contribution >= 0.6 is 0 Å². The number of benzene rings is 2. The quantitative estimate of drug-likeness (QED) is 0.720. The van der Waals surface area contributed by atoms with Crippen LogP contribution in [0.4, 0.5) is 0 Å². The van der Waals surface area contributed by atoms with Crippen molar-refractivity contribution < 1.29 is 4.74 Å². The zero-order valence-electron chi connectivity index (χ0n) is 10.7. The molecule has 0 heterocycles. The van der Waals surface area contributed by atoms with Crippen LogP contribution in [0.5, 0.6) is 11.5 Å². The second kappa shape index (κ2) is 6.30. The molecule has 0 spiro atoms. The van der Waals surface area contributed by atoms with Crippen molar-refractivity contribution in [3.05, 3.63) is 54.1 Å². The van der Waals surface area contributed by atoms with Gasteiger partial charge in [0.15, 0.2) is 0 Å². The van der Waals surface area contributed by atoms with Gasteiger partial charge >= 0.3 is 0 Å². The largest absolute Gasteiger partial charge is 0.457 e. The molecule has 0 aliphatic carbocycles. The van der Waals surface area contributed by atoms with Crippen LogP contribution in [0, 0.1) is 0 Å². The Labute approximate surface area is 110 Å². The summed E-state index contributed by atoms with van der Waals surface area (Å²) in [6, 6.07) is 15.7. The Morgan fingerprint density at radius 2 is 1.78 bits per heavy atom. The number of unbranched alkanes of at least 4 members (excludes halogenated alkanes) is 1. The second-order valence-corrected chi connectivity index (χ2v) is 4.42. The zero-order chi connectivity index (χ0) is 12.8. The zero-order valence-corrected chi connectivity index (χ0v) is 10.7. The third-order valence-electron chi connectivity index (χ3n) is 2.83. The van der Waals surface area contributed by atoms with E-state index in [1.165, 1.54) is 18.4 Å². The van der Waals surface area contributed by atoms with E-state index in [9.17, 15) is 0 Å². The average molecular weight is 236 g/mol. The normalized spacial score (nSPS) is 10.3. The topological polar surface area (TPSA) is 9.23 Å². The molecule has 90 valence electrons. The van der Waals surface area contributed by atoms with Crippen LogP contribution in [0.1, 0.15) is 25.3 Å². The van der Waals surface area contributed by atoms with Gasteiger partial charge in [0.05, 0.1) is 0 Å². The first kappa shape index (κ1) is 12.8. The molecule has 0 saturated carbocycles. The van der Waals surface area contributed by atoms with E-state index in [0.29, 0.717) is 0 Å².